The highest BCUT2D eigenvalue weighted by molar-refractivity contribution is 5.82. The lowest BCUT2D eigenvalue weighted by atomic mass is 9.77. The van der Waals surface area contributed by atoms with Gasteiger partial charge in [-0.3, -0.25) is 0 Å². The molecule has 1 fully saturated rings. The summed E-state index contributed by atoms with van der Waals surface area (Å²) in [6, 6.07) is 16.1. The molecule has 0 spiro atoms. The van der Waals surface area contributed by atoms with E-state index in [9.17, 15) is 0 Å². The summed E-state index contributed by atoms with van der Waals surface area (Å²) in [5.41, 5.74) is 1.46. The van der Waals surface area contributed by atoms with Gasteiger partial charge < -0.3 is 5.32 Å². The van der Waals surface area contributed by atoms with E-state index in [1.54, 1.807) is 0 Å². The molecule has 1 aliphatic rings. The molecule has 1 saturated carbocycles. The highest BCUT2D eigenvalue weighted by Crippen LogP contribution is 2.31. The summed E-state index contributed by atoms with van der Waals surface area (Å²) >= 11 is 0. The van der Waals surface area contributed by atoms with Crippen LogP contribution in [0.15, 0.2) is 42.5 Å². The highest BCUT2D eigenvalue weighted by Gasteiger charge is 2.25. The third kappa shape index (κ3) is 2.28. The summed E-state index contributed by atoms with van der Waals surface area (Å²) < 4.78 is 0. The maximum atomic E-state index is 3.50. The Morgan fingerprint density at radius 2 is 1.89 bits per heavy atom. The van der Waals surface area contributed by atoms with Crippen LogP contribution in [0, 0.1) is 5.92 Å². The predicted octanol–water partition coefficient (Wildman–Crippen LogP) is 3.77. The lowest BCUT2D eigenvalue weighted by Crippen LogP contribution is -2.39. The van der Waals surface area contributed by atoms with Crippen LogP contribution in [0.25, 0.3) is 10.8 Å². The second kappa shape index (κ2) is 5.11. The van der Waals surface area contributed by atoms with E-state index in [-0.39, 0.29) is 0 Å². The van der Waals surface area contributed by atoms with Crippen LogP contribution in [0.1, 0.15) is 24.8 Å². The van der Waals surface area contributed by atoms with Gasteiger partial charge in [-0.1, -0.05) is 48.9 Å². The lowest BCUT2D eigenvalue weighted by molar-refractivity contribution is 0.236. The second-order valence-electron chi connectivity index (χ2n) is 5.47. The molecule has 2 aromatic rings. The van der Waals surface area contributed by atoms with Gasteiger partial charge in [0.05, 0.1) is 0 Å². The molecule has 3 rings (SSSR count). The quantitative estimate of drug-likeness (QED) is 0.856. The van der Waals surface area contributed by atoms with Crippen molar-refractivity contribution in [2.45, 2.75) is 31.7 Å². The Morgan fingerprint density at radius 1 is 1.11 bits per heavy atom. The standard InChI is InChI=1S/C17H21N/c1-18-17(15-7-4-8-15)12-13-9-10-14-5-2-3-6-16(14)11-13/h2-3,5-6,9-11,15,17-18H,4,7-8,12H2,1H3. The largest absolute Gasteiger partial charge is 0.316 e. The molecule has 0 heterocycles. The summed E-state index contributed by atoms with van der Waals surface area (Å²) in [5.74, 6) is 0.890. The topological polar surface area (TPSA) is 12.0 Å². The molecule has 0 radical (unpaired) electrons. The summed E-state index contributed by atoms with van der Waals surface area (Å²) in [5, 5.41) is 6.20. The van der Waals surface area contributed by atoms with Crippen molar-refractivity contribution in [2.24, 2.45) is 5.92 Å². The number of fused-ring (bicyclic) bond motifs is 1. The number of likely N-dealkylation sites (N-methyl/N-ethyl adjacent to an activating group) is 1. The molecule has 1 nitrogen and oxygen atoms in total. The van der Waals surface area contributed by atoms with Crippen LogP contribution in [-0.4, -0.2) is 13.1 Å². The SMILES string of the molecule is CNC(Cc1ccc2ccccc2c1)C1CCC1. The number of rotatable bonds is 4. The first-order chi connectivity index (χ1) is 8.86. The van der Waals surface area contributed by atoms with Gasteiger partial charge >= 0.3 is 0 Å². The Bertz CT molecular complexity index is 528. The number of hydrogen-bond donors (Lipinski definition) is 1. The van der Waals surface area contributed by atoms with Crippen LogP contribution in [0.4, 0.5) is 0 Å². The van der Waals surface area contributed by atoms with Gasteiger partial charge in [0.25, 0.3) is 0 Å². The Hall–Kier alpha value is -1.34. The summed E-state index contributed by atoms with van der Waals surface area (Å²) in [4.78, 5) is 0. The van der Waals surface area contributed by atoms with Crippen molar-refractivity contribution in [3.63, 3.8) is 0 Å². The number of hydrogen-bond acceptors (Lipinski definition) is 1. The zero-order valence-corrected chi connectivity index (χ0v) is 11.0. The van der Waals surface area contributed by atoms with E-state index in [1.165, 1.54) is 35.6 Å². The minimum absolute atomic E-state index is 0.653. The van der Waals surface area contributed by atoms with Crippen molar-refractivity contribution in [3.8, 4) is 0 Å². The van der Waals surface area contributed by atoms with Crippen molar-refractivity contribution < 1.29 is 0 Å². The molecule has 0 amide bonds. The molecular weight excluding hydrogens is 218 g/mol. The fourth-order valence-electron chi connectivity index (χ4n) is 2.97. The van der Waals surface area contributed by atoms with E-state index >= 15 is 0 Å². The third-order valence-corrected chi connectivity index (χ3v) is 4.36. The molecule has 1 aliphatic carbocycles. The average Bonchev–Trinajstić information content (AvgIpc) is 2.35. The molecule has 1 heteroatoms. The van der Waals surface area contributed by atoms with E-state index in [0.29, 0.717) is 6.04 Å². The monoisotopic (exact) mass is 239 g/mol. The molecule has 1 unspecified atom stereocenters. The fourth-order valence-corrected chi connectivity index (χ4v) is 2.97. The molecule has 0 bridgehead atoms. The zero-order valence-electron chi connectivity index (χ0n) is 11.0. The van der Waals surface area contributed by atoms with Gasteiger partial charge in [0, 0.05) is 6.04 Å². The third-order valence-electron chi connectivity index (χ3n) is 4.36. The van der Waals surface area contributed by atoms with E-state index in [0.717, 1.165) is 12.3 Å². The van der Waals surface area contributed by atoms with Gasteiger partial charge in [-0.05, 0) is 48.6 Å². The second-order valence-corrected chi connectivity index (χ2v) is 5.47. The minimum atomic E-state index is 0.653. The number of benzene rings is 2. The average molecular weight is 239 g/mol. The highest BCUT2D eigenvalue weighted by atomic mass is 14.9. The predicted molar refractivity (Wildman–Crippen MR) is 77.8 cm³/mol. The van der Waals surface area contributed by atoms with Crippen LogP contribution in [-0.2, 0) is 6.42 Å². The smallest absolute Gasteiger partial charge is 0.0133 e. The van der Waals surface area contributed by atoms with Gasteiger partial charge in [-0.2, -0.15) is 0 Å². The van der Waals surface area contributed by atoms with Gasteiger partial charge in [0.2, 0.25) is 0 Å². The van der Waals surface area contributed by atoms with E-state index in [2.05, 4.69) is 54.8 Å². The molecule has 0 saturated heterocycles. The van der Waals surface area contributed by atoms with Crippen molar-refractivity contribution in [2.75, 3.05) is 7.05 Å². The Morgan fingerprint density at radius 3 is 2.56 bits per heavy atom. The van der Waals surface area contributed by atoms with Crippen molar-refractivity contribution in [1.82, 2.24) is 5.32 Å². The molecule has 0 aromatic heterocycles. The number of nitrogens with one attached hydrogen (secondary N) is 1. The molecule has 2 aromatic carbocycles. The fraction of sp³-hybridized carbons (Fsp3) is 0.412. The minimum Gasteiger partial charge on any atom is -0.316 e. The van der Waals surface area contributed by atoms with Gasteiger partial charge in [-0.25, -0.2) is 0 Å². The molecule has 1 N–H and O–H groups in total. The van der Waals surface area contributed by atoms with E-state index in [1.807, 2.05) is 0 Å². The summed E-state index contributed by atoms with van der Waals surface area (Å²) in [7, 11) is 2.10. The normalized spacial score (nSPS) is 17.6. The van der Waals surface area contributed by atoms with Crippen LogP contribution < -0.4 is 5.32 Å². The molecule has 1 atom stereocenters. The van der Waals surface area contributed by atoms with Crippen LogP contribution >= 0.6 is 0 Å². The van der Waals surface area contributed by atoms with Gasteiger partial charge in [0.1, 0.15) is 0 Å². The van der Waals surface area contributed by atoms with Crippen molar-refractivity contribution in [1.29, 1.82) is 0 Å². The lowest BCUT2D eigenvalue weighted by Gasteiger charge is -2.33. The first kappa shape index (κ1) is 11.7. The maximum Gasteiger partial charge on any atom is 0.0133 e. The molecule has 18 heavy (non-hydrogen) atoms. The molecular formula is C17H21N. The van der Waals surface area contributed by atoms with Gasteiger partial charge in [-0.15, -0.1) is 0 Å². The summed E-state index contributed by atoms with van der Waals surface area (Å²) in [6.07, 6.45) is 5.38. The van der Waals surface area contributed by atoms with E-state index < -0.39 is 0 Å². The van der Waals surface area contributed by atoms with Crippen LogP contribution in [0.5, 0.6) is 0 Å². The Labute approximate surface area is 109 Å². The van der Waals surface area contributed by atoms with Crippen molar-refractivity contribution >= 4 is 10.8 Å². The Kier molecular flexibility index (Phi) is 3.33. The first-order valence-corrected chi connectivity index (χ1v) is 7.02. The summed E-state index contributed by atoms with van der Waals surface area (Å²) in [6.45, 7) is 0. The van der Waals surface area contributed by atoms with Crippen molar-refractivity contribution in [3.05, 3.63) is 48.0 Å². The van der Waals surface area contributed by atoms with E-state index in [4.69, 9.17) is 0 Å². The zero-order chi connectivity index (χ0) is 12.4. The van der Waals surface area contributed by atoms with Crippen LogP contribution in [0.2, 0.25) is 0 Å². The molecule has 0 aliphatic heterocycles. The first-order valence-electron chi connectivity index (χ1n) is 7.02. The van der Waals surface area contributed by atoms with Crippen LogP contribution in [0.3, 0.4) is 0 Å². The maximum absolute atomic E-state index is 3.50. The Balaban J connectivity index is 1.80. The molecule has 94 valence electrons. The van der Waals surface area contributed by atoms with Gasteiger partial charge in [0.15, 0.2) is 0 Å².